The normalized spacial score (nSPS) is 16.1. The zero-order valence-electron chi connectivity index (χ0n) is 15.2. The molecular formula is C20H26N2O3. The van der Waals surface area contributed by atoms with Gasteiger partial charge in [-0.25, -0.2) is 9.78 Å². The van der Waals surface area contributed by atoms with E-state index >= 15 is 0 Å². The van der Waals surface area contributed by atoms with E-state index in [1.54, 1.807) is 18.2 Å². The van der Waals surface area contributed by atoms with Crippen molar-refractivity contribution in [3.05, 3.63) is 41.9 Å². The van der Waals surface area contributed by atoms with Gasteiger partial charge in [0, 0.05) is 36.9 Å². The number of carbonyl (C=O) groups is 1. The number of ether oxygens (including phenoxy) is 1. The second kappa shape index (κ2) is 7.00. The molecule has 3 rings (SSSR count). The Kier molecular flexibility index (Phi) is 4.95. The van der Waals surface area contributed by atoms with Crippen molar-refractivity contribution < 1.29 is 14.6 Å². The Labute approximate surface area is 148 Å². The van der Waals surface area contributed by atoms with E-state index in [0.717, 1.165) is 49.7 Å². The van der Waals surface area contributed by atoms with Crippen LogP contribution in [0.2, 0.25) is 0 Å². The summed E-state index contributed by atoms with van der Waals surface area (Å²) in [7, 11) is 0. The van der Waals surface area contributed by atoms with Crippen LogP contribution in [-0.2, 0) is 16.7 Å². The van der Waals surface area contributed by atoms with Crippen LogP contribution in [0.3, 0.4) is 0 Å². The van der Waals surface area contributed by atoms with Crippen molar-refractivity contribution in [2.24, 2.45) is 5.92 Å². The van der Waals surface area contributed by atoms with Crippen molar-refractivity contribution in [1.82, 2.24) is 9.55 Å². The van der Waals surface area contributed by atoms with Crippen molar-refractivity contribution in [2.75, 3.05) is 13.2 Å². The lowest BCUT2D eigenvalue weighted by Gasteiger charge is -2.25. The van der Waals surface area contributed by atoms with Gasteiger partial charge in [0.05, 0.1) is 11.3 Å². The summed E-state index contributed by atoms with van der Waals surface area (Å²) in [6.45, 7) is 9.07. The van der Waals surface area contributed by atoms with Crippen LogP contribution < -0.4 is 0 Å². The van der Waals surface area contributed by atoms with Gasteiger partial charge in [0.1, 0.15) is 5.82 Å². The third-order valence-corrected chi connectivity index (χ3v) is 4.65. The van der Waals surface area contributed by atoms with E-state index in [2.05, 4.69) is 31.5 Å². The van der Waals surface area contributed by atoms with Crippen LogP contribution in [0.4, 0.5) is 0 Å². The van der Waals surface area contributed by atoms with Crippen LogP contribution in [0.25, 0.3) is 11.3 Å². The summed E-state index contributed by atoms with van der Waals surface area (Å²) in [6, 6.07) is 6.98. The van der Waals surface area contributed by atoms with Gasteiger partial charge in [-0.1, -0.05) is 32.9 Å². The number of aromatic carboxylic acids is 1. The minimum atomic E-state index is -0.917. The highest BCUT2D eigenvalue weighted by molar-refractivity contribution is 5.89. The summed E-state index contributed by atoms with van der Waals surface area (Å²) >= 11 is 0. The molecular weight excluding hydrogens is 316 g/mol. The van der Waals surface area contributed by atoms with Crippen molar-refractivity contribution in [3.8, 4) is 11.3 Å². The topological polar surface area (TPSA) is 64.3 Å². The van der Waals surface area contributed by atoms with Gasteiger partial charge in [-0.05, 0) is 30.9 Å². The maximum absolute atomic E-state index is 11.2. The van der Waals surface area contributed by atoms with Gasteiger partial charge >= 0.3 is 5.97 Å². The van der Waals surface area contributed by atoms with Gasteiger partial charge in [-0.2, -0.15) is 0 Å². The SMILES string of the molecule is CC(C)(C)c1nc(-c2cccc(C(=O)O)c2)cn1CC1CCOCC1. The largest absolute Gasteiger partial charge is 0.478 e. The molecule has 1 aliphatic heterocycles. The lowest BCUT2D eigenvalue weighted by atomic mass is 9.94. The fraction of sp³-hybridized carbons (Fsp3) is 0.500. The van der Waals surface area contributed by atoms with Crippen molar-refractivity contribution in [3.63, 3.8) is 0 Å². The molecule has 1 fully saturated rings. The Balaban J connectivity index is 1.95. The highest BCUT2D eigenvalue weighted by Crippen LogP contribution is 2.29. The van der Waals surface area contributed by atoms with E-state index in [9.17, 15) is 9.90 Å². The molecule has 2 heterocycles. The van der Waals surface area contributed by atoms with Gasteiger partial charge < -0.3 is 14.4 Å². The molecule has 1 aromatic carbocycles. The average molecular weight is 342 g/mol. The molecule has 0 radical (unpaired) electrons. The van der Waals surface area contributed by atoms with Crippen LogP contribution in [0, 0.1) is 5.92 Å². The molecule has 2 aromatic rings. The highest BCUT2D eigenvalue weighted by atomic mass is 16.5. The monoisotopic (exact) mass is 342 g/mol. The molecule has 1 N–H and O–H groups in total. The summed E-state index contributed by atoms with van der Waals surface area (Å²) in [5.74, 6) is 0.719. The number of aromatic nitrogens is 2. The lowest BCUT2D eigenvalue weighted by molar-refractivity contribution is 0.0607. The van der Waals surface area contributed by atoms with Crippen LogP contribution in [-0.4, -0.2) is 33.8 Å². The first-order valence-corrected chi connectivity index (χ1v) is 8.84. The van der Waals surface area contributed by atoms with Gasteiger partial charge in [0.2, 0.25) is 0 Å². The zero-order chi connectivity index (χ0) is 18.0. The molecule has 0 atom stereocenters. The van der Waals surface area contributed by atoms with E-state index in [-0.39, 0.29) is 11.0 Å². The Morgan fingerprint density at radius 2 is 2.04 bits per heavy atom. The van der Waals surface area contributed by atoms with Gasteiger partial charge in [-0.3, -0.25) is 0 Å². The first kappa shape index (κ1) is 17.7. The van der Waals surface area contributed by atoms with E-state index in [4.69, 9.17) is 9.72 Å². The van der Waals surface area contributed by atoms with Crippen LogP contribution in [0.1, 0.15) is 49.8 Å². The minimum absolute atomic E-state index is 0.0756. The molecule has 1 aromatic heterocycles. The van der Waals surface area contributed by atoms with Crippen molar-refractivity contribution in [2.45, 2.75) is 45.6 Å². The van der Waals surface area contributed by atoms with E-state index < -0.39 is 5.97 Å². The standard InChI is InChI=1S/C20H26N2O3/c1-20(2,3)19-21-17(15-5-4-6-16(11-15)18(23)24)13-22(19)12-14-7-9-25-10-8-14/h4-6,11,13-14H,7-10,12H2,1-3H3,(H,23,24). The quantitative estimate of drug-likeness (QED) is 0.913. The number of imidazole rings is 1. The third-order valence-electron chi connectivity index (χ3n) is 4.65. The fourth-order valence-electron chi connectivity index (χ4n) is 3.31. The van der Waals surface area contributed by atoms with Gasteiger partial charge in [0.25, 0.3) is 0 Å². The Bertz CT molecular complexity index is 753. The molecule has 134 valence electrons. The van der Waals surface area contributed by atoms with E-state index in [0.29, 0.717) is 5.92 Å². The predicted octanol–water partition coefficient (Wildman–Crippen LogP) is 3.97. The molecule has 0 unspecified atom stereocenters. The lowest BCUT2D eigenvalue weighted by Crippen LogP contribution is -2.24. The fourth-order valence-corrected chi connectivity index (χ4v) is 3.31. The van der Waals surface area contributed by atoms with Crippen LogP contribution in [0.5, 0.6) is 0 Å². The molecule has 0 amide bonds. The first-order valence-electron chi connectivity index (χ1n) is 8.84. The summed E-state index contributed by atoms with van der Waals surface area (Å²) in [6.07, 6.45) is 4.22. The third kappa shape index (κ3) is 4.10. The Morgan fingerprint density at radius 1 is 1.32 bits per heavy atom. The summed E-state index contributed by atoms with van der Waals surface area (Å²) in [5.41, 5.74) is 1.89. The smallest absolute Gasteiger partial charge is 0.335 e. The second-order valence-electron chi connectivity index (χ2n) is 7.79. The van der Waals surface area contributed by atoms with Crippen LogP contribution >= 0.6 is 0 Å². The van der Waals surface area contributed by atoms with Crippen molar-refractivity contribution in [1.29, 1.82) is 0 Å². The number of nitrogens with zero attached hydrogens (tertiary/aromatic N) is 2. The van der Waals surface area contributed by atoms with Crippen LogP contribution in [0.15, 0.2) is 30.5 Å². The molecule has 0 aliphatic carbocycles. The summed E-state index contributed by atoms with van der Waals surface area (Å²) in [4.78, 5) is 16.1. The minimum Gasteiger partial charge on any atom is -0.478 e. The molecule has 1 aliphatic rings. The molecule has 0 saturated carbocycles. The van der Waals surface area contributed by atoms with Crippen molar-refractivity contribution >= 4 is 5.97 Å². The number of carboxylic acid groups (broad SMARTS) is 1. The summed E-state index contributed by atoms with van der Waals surface area (Å²) in [5, 5.41) is 9.22. The Hall–Kier alpha value is -2.14. The molecule has 1 saturated heterocycles. The second-order valence-corrected chi connectivity index (χ2v) is 7.79. The number of hydrogen-bond donors (Lipinski definition) is 1. The molecule has 25 heavy (non-hydrogen) atoms. The number of rotatable bonds is 4. The number of benzene rings is 1. The molecule has 5 heteroatoms. The predicted molar refractivity (Wildman–Crippen MR) is 96.9 cm³/mol. The molecule has 0 bridgehead atoms. The number of carboxylic acids is 1. The van der Waals surface area contributed by atoms with E-state index in [1.165, 1.54) is 0 Å². The molecule has 0 spiro atoms. The molecule has 5 nitrogen and oxygen atoms in total. The maximum atomic E-state index is 11.2. The number of hydrogen-bond acceptors (Lipinski definition) is 3. The maximum Gasteiger partial charge on any atom is 0.335 e. The average Bonchev–Trinajstić information content (AvgIpc) is 3.00. The highest BCUT2D eigenvalue weighted by Gasteiger charge is 2.24. The Morgan fingerprint density at radius 3 is 2.68 bits per heavy atom. The van der Waals surface area contributed by atoms with Gasteiger partial charge in [0.15, 0.2) is 0 Å². The summed E-state index contributed by atoms with van der Waals surface area (Å²) < 4.78 is 7.71. The van der Waals surface area contributed by atoms with E-state index in [1.807, 2.05) is 6.07 Å². The first-order chi connectivity index (χ1) is 11.8. The zero-order valence-corrected chi connectivity index (χ0v) is 15.2. The van der Waals surface area contributed by atoms with Gasteiger partial charge in [-0.15, -0.1) is 0 Å².